The summed E-state index contributed by atoms with van der Waals surface area (Å²) in [6.45, 7) is 1.58. The van der Waals surface area contributed by atoms with Crippen LogP contribution in [0.5, 0.6) is 0 Å². The van der Waals surface area contributed by atoms with Crippen molar-refractivity contribution in [3.8, 4) is 0 Å². The molecule has 3 rings (SSSR count). The van der Waals surface area contributed by atoms with Gasteiger partial charge in [-0.2, -0.15) is 0 Å². The van der Waals surface area contributed by atoms with Crippen LogP contribution in [0.25, 0.3) is 0 Å². The van der Waals surface area contributed by atoms with Crippen molar-refractivity contribution in [2.24, 2.45) is 5.41 Å². The summed E-state index contributed by atoms with van der Waals surface area (Å²) in [5.41, 5.74) is -0.792. The highest BCUT2D eigenvalue weighted by Crippen LogP contribution is 2.37. The fourth-order valence-electron chi connectivity index (χ4n) is 3.68. The zero-order chi connectivity index (χ0) is 16.3. The number of nitrogens with one attached hydrogen (secondary N) is 1. The molecule has 0 aromatic carbocycles. The lowest BCUT2D eigenvalue weighted by Crippen LogP contribution is -2.62. The molecule has 3 heterocycles. The number of aliphatic hydroxyl groups excluding tert-OH is 1. The molecule has 2 aliphatic rings. The first-order valence-electron chi connectivity index (χ1n) is 8.38. The van der Waals surface area contributed by atoms with Gasteiger partial charge in [0.1, 0.15) is 0 Å². The molecule has 6 heteroatoms. The topological polar surface area (TPSA) is 69.6 Å². The summed E-state index contributed by atoms with van der Waals surface area (Å²) in [7, 11) is 0. The first-order valence-corrected chi connectivity index (χ1v) is 9.26. The van der Waals surface area contributed by atoms with Gasteiger partial charge in [0.25, 0.3) is 0 Å². The molecule has 1 aromatic rings. The zero-order valence-corrected chi connectivity index (χ0v) is 14.1. The third-order valence-corrected chi connectivity index (χ3v) is 6.00. The first kappa shape index (κ1) is 16.5. The molecule has 1 spiro atoms. The van der Waals surface area contributed by atoms with Crippen LogP contribution in [0, 0.1) is 5.41 Å². The minimum absolute atomic E-state index is 0.0904. The number of carbonyl (C=O) groups excluding carboxylic acids is 2. The quantitative estimate of drug-likeness (QED) is 0.877. The van der Waals surface area contributed by atoms with Crippen molar-refractivity contribution in [3.05, 3.63) is 22.4 Å². The van der Waals surface area contributed by atoms with Crippen LogP contribution in [-0.2, 0) is 16.0 Å². The molecule has 2 fully saturated rings. The van der Waals surface area contributed by atoms with E-state index < -0.39 is 11.5 Å². The molecule has 0 unspecified atom stereocenters. The molecule has 0 saturated carbocycles. The van der Waals surface area contributed by atoms with Crippen molar-refractivity contribution >= 4 is 23.2 Å². The van der Waals surface area contributed by atoms with E-state index in [9.17, 15) is 14.7 Å². The number of nitrogens with zero attached hydrogens (tertiary/aromatic N) is 1. The van der Waals surface area contributed by atoms with Gasteiger partial charge < -0.3 is 15.3 Å². The van der Waals surface area contributed by atoms with Gasteiger partial charge in [-0.25, -0.2) is 0 Å². The van der Waals surface area contributed by atoms with Crippen LogP contribution in [0.1, 0.15) is 37.0 Å². The molecule has 2 aliphatic heterocycles. The van der Waals surface area contributed by atoms with Crippen molar-refractivity contribution in [1.82, 2.24) is 10.2 Å². The predicted molar refractivity (Wildman–Crippen MR) is 89.1 cm³/mol. The van der Waals surface area contributed by atoms with E-state index in [1.54, 1.807) is 16.2 Å². The molecule has 5 nitrogen and oxygen atoms in total. The van der Waals surface area contributed by atoms with Crippen molar-refractivity contribution in [1.29, 1.82) is 0 Å². The molecule has 2 amide bonds. The summed E-state index contributed by atoms with van der Waals surface area (Å²) in [6, 6.07) is 4.12. The highest BCUT2D eigenvalue weighted by Gasteiger charge is 2.50. The van der Waals surface area contributed by atoms with E-state index >= 15 is 0 Å². The van der Waals surface area contributed by atoms with Gasteiger partial charge in [0.15, 0.2) is 0 Å². The third kappa shape index (κ3) is 3.43. The second-order valence-electron chi connectivity index (χ2n) is 6.57. The summed E-state index contributed by atoms with van der Waals surface area (Å²) in [5.74, 6) is 0.0125. The number of piperidine rings is 2. The fourth-order valence-corrected chi connectivity index (χ4v) is 4.43. The SMILES string of the molecule is O=C(CCCc1cccs1)N1CC[C@H](O)[C@@]2(CCCNC2=O)C1. The number of rotatable bonds is 4. The Labute approximate surface area is 140 Å². The van der Waals surface area contributed by atoms with E-state index in [2.05, 4.69) is 16.8 Å². The largest absolute Gasteiger partial charge is 0.392 e. The highest BCUT2D eigenvalue weighted by molar-refractivity contribution is 7.09. The Balaban J connectivity index is 1.57. The Morgan fingerprint density at radius 1 is 1.52 bits per heavy atom. The second-order valence-corrected chi connectivity index (χ2v) is 7.60. The van der Waals surface area contributed by atoms with Gasteiger partial charge in [-0.3, -0.25) is 9.59 Å². The second kappa shape index (κ2) is 7.01. The van der Waals surface area contributed by atoms with Gasteiger partial charge in [-0.15, -0.1) is 11.3 Å². The van der Waals surface area contributed by atoms with Crippen LogP contribution < -0.4 is 5.32 Å². The van der Waals surface area contributed by atoms with Crippen molar-refractivity contribution in [2.75, 3.05) is 19.6 Å². The fraction of sp³-hybridized carbons (Fsp3) is 0.647. The maximum Gasteiger partial charge on any atom is 0.230 e. The average Bonchev–Trinajstić information content (AvgIpc) is 3.06. The number of carbonyl (C=O) groups is 2. The Hall–Kier alpha value is -1.40. The highest BCUT2D eigenvalue weighted by atomic mass is 32.1. The molecule has 126 valence electrons. The number of aliphatic hydroxyl groups is 1. The smallest absolute Gasteiger partial charge is 0.230 e. The normalized spacial score (nSPS) is 28.0. The van der Waals surface area contributed by atoms with E-state index in [1.807, 2.05) is 6.07 Å². The summed E-state index contributed by atoms with van der Waals surface area (Å²) in [4.78, 5) is 27.9. The number of aryl methyl sites for hydroxylation is 1. The molecule has 2 atom stereocenters. The number of amides is 2. The lowest BCUT2D eigenvalue weighted by atomic mass is 9.71. The predicted octanol–water partition coefficient (Wildman–Crippen LogP) is 1.56. The number of hydrogen-bond acceptors (Lipinski definition) is 4. The van der Waals surface area contributed by atoms with Crippen molar-refractivity contribution < 1.29 is 14.7 Å². The van der Waals surface area contributed by atoms with Crippen LogP contribution in [0.2, 0.25) is 0 Å². The van der Waals surface area contributed by atoms with E-state index in [0.717, 1.165) is 19.3 Å². The maximum atomic E-state index is 12.5. The Morgan fingerprint density at radius 2 is 2.39 bits per heavy atom. The van der Waals surface area contributed by atoms with Gasteiger partial charge in [0.2, 0.25) is 11.8 Å². The molecule has 0 aliphatic carbocycles. The summed E-state index contributed by atoms with van der Waals surface area (Å²) in [5, 5.41) is 15.3. The van der Waals surface area contributed by atoms with E-state index in [1.165, 1.54) is 4.88 Å². The average molecular weight is 336 g/mol. The Morgan fingerprint density at radius 3 is 3.13 bits per heavy atom. The standard InChI is InChI=1S/C17H24N2O3S/c20-14-7-10-19(12-17(14)8-3-9-18-16(17)22)15(21)6-1-4-13-5-2-11-23-13/h2,5,11,14,20H,1,3-4,6-10,12H2,(H,18,22)/t14-,17+/m0/s1. The number of thiophene rings is 1. The first-order chi connectivity index (χ1) is 11.1. The van der Waals surface area contributed by atoms with Crippen LogP contribution in [0.15, 0.2) is 17.5 Å². The van der Waals surface area contributed by atoms with Crippen LogP contribution >= 0.6 is 11.3 Å². The van der Waals surface area contributed by atoms with Crippen LogP contribution in [-0.4, -0.2) is 47.6 Å². The van der Waals surface area contributed by atoms with Gasteiger partial charge in [-0.1, -0.05) is 6.07 Å². The Kier molecular flexibility index (Phi) is 5.02. The molecular weight excluding hydrogens is 312 g/mol. The summed E-state index contributed by atoms with van der Waals surface area (Å²) in [6.07, 6.45) is 3.64. The van der Waals surface area contributed by atoms with Crippen molar-refractivity contribution in [2.45, 2.75) is 44.6 Å². The maximum absolute atomic E-state index is 12.5. The van der Waals surface area contributed by atoms with Gasteiger partial charge >= 0.3 is 0 Å². The molecule has 2 saturated heterocycles. The minimum atomic E-state index is -0.792. The van der Waals surface area contributed by atoms with Crippen molar-refractivity contribution in [3.63, 3.8) is 0 Å². The van der Waals surface area contributed by atoms with Gasteiger partial charge in [-0.05, 0) is 43.6 Å². The lowest BCUT2D eigenvalue weighted by molar-refractivity contribution is -0.154. The van der Waals surface area contributed by atoms with E-state index in [0.29, 0.717) is 38.9 Å². The monoisotopic (exact) mass is 336 g/mol. The Bertz CT molecular complexity index is 560. The minimum Gasteiger partial charge on any atom is -0.392 e. The molecule has 0 radical (unpaired) electrons. The van der Waals surface area contributed by atoms with Crippen LogP contribution in [0.3, 0.4) is 0 Å². The summed E-state index contributed by atoms with van der Waals surface area (Å²) < 4.78 is 0. The molecule has 1 aromatic heterocycles. The molecule has 0 bridgehead atoms. The number of likely N-dealkylation sites (tertiary alicyclic amines) is 1. The third-order valence-electron chi connectivity index (χ3n) is 5.07. The molecule has 23 heavy (non-hydrogen) atoms. The molecule has 2 N–H and O–H groups in total. The van der Waals surface area contributed by atoms with E-state index in [4.69, 9.17) is 0 Å². The lowest BCUT2D eigenvalue weighted by Gasteiger charge is -2.46. The zero-order valence-electron chi connectivity index (χ0n) is 13.3. The summed E-state index contributed by atoms with van der Waals surface area (Å²) >= 11 is 1.72. The van der Waals surface area contributed by atoms with Crippen LogP contribution in [0.4, 0.5) is 0 Å². The van der Waals surface area contributed by atoms with E-state index in [-0.39, 0.29) is 11.8 Å². The van der Waals surface area contributed by atoms with Gasteiger partial charge in [0.05, 0.1) is 11.5 Å². The molecular formula is C17H24N2O3S. The number of hydrogen-bond donors (Lipinski definition) is 2. The van der Waals surface area contributed by atoms with Gasteiger partial charge in [0, 0.05) is 30.9 Å².